The zero-order valence-electron chi connectivity index (χ0n) is 9.98. The number of oxime groups is 1. The van der Waals surface area contributed by atoms with Gasteiger partial charge in [0.05, 0.1) is 4.92 Å². The second kappa shape index (κ2) is 5.26. The van der Waals surface area contributed by atoms with Gasteiger partial charge < -0.3 is 10.4 Å². The van der Waals surface area contributed by atoms with Gasteiger partial charge in [-0.25, -0.2) is 4.74 Å². The average molecular weight is 251 g/mol. The van der Waals surface area contributed by atoms with E-state index in [2.05, 4.69) is 5.16 Å². The monoisotopic (exact) mass is 251 g/mol. The summed E-state index contributed by atoms with van der Waals surface area (Å²) in [6.45, 7) is 3.10. The molecule has 0 aliphatic heterocycles. The number of nitro groups is 1. The lowest BCUT2D eigenvalue weighted by Gasteiger charge is -2.18. The van der Waals surface area contributed by atoms with E-state index in [1.54, 1.807) is 19.9 Å². The summed E-state index contributed by atoms with van der Waals surface area (Å²) in [5, 5.41) is 33.6. The molecule has 0 amide bonds. The minimum atomic E-state index is -1.04. The maximum atomic E-state index is 11.8. The summed E-state index contributed by atoms with van der Waals surface area (Å²) < 4.78 is 0.561. The van der Waals surface area contributed by atoms with Crippen molar-refractivity contribution in [3.63, 3.8) is 0 Å². The predicted octanol–water partition coefficient (Wildman–Crippen LogP) is 1.76. The average Bonchev–Trinajstić information content (AvgIpc) is 2.29. The molecule has 0 saturated heterocycles. The lowest BCUT2D eigenvalue weighted by molar-refractivity contribution is -0.511. The van der Waals surface area contributed by atoms with Crippen molar-refractivity contribution in [2.24, 2.45) is 5.16 Å². The highest BCUT2D eigenvalue weighted by molar-refractivity contribution is 5.78. The van der Waals surface area contributed by atoms with E-state index >= 15 is 0 Å². The molecule has 0 bridgehead atoms. The van der Waals surface area contributed by atoms with Crippen LogP contribution in [0, 0.1) is 15.3 Å². The third-order valence-electron chi connectivity index (χ3n) is 2.29. The van der Waals surface area contributed by atoms with Crippen molar-refractivity contribution in [2.75, 3.05) is 0 Å². The smallest absolute Gasteiger partial charge is 0.270 e. The van der Waals surface area contributed by atoms with Crippen LogP contribution in [-0.4, -0.2) is 32.8 Å². The topological polar surface area (TPSA) is 102 Å². The van der Waals surface area contributed by atoms with Crippen LogP contribution in [0.3, 0.4) is 0 Å². The molecule has 1 aromatic carbocycles. The van der Waals surface area contributed by atoms with Gasteiger partial charge in [-0.05, 0) is 6.07 Å². The Balaban J connectivity index is 3.09. The van der Waals surface area contributed by atoms with Gasteiger partial charge in [-0.3, -0.25) is 10.1 Å². The number of benzene rings is 1. The highest BCUT2D eigenvalue weighted by Crippen LogP contribution is 2.12. The summed E-state index contributed by atoms with van der Waals surface area (Å²) in [5.74, 6) is 0. The highest BCUT2D eigenvalue weighted by Gasteiger charge is 2.24. The second-order valence-electron chi connectivity index (χ2n) is 4.21. The van der Waals surface area contributed by atoms with Crippen LogP contribution in [0.4, 0.5) is 5.69 Å². The van der Waals surface area contributed by atoms with Gasteiger partial charge in [0.25, 0.3) is 5.69 Å². The number of non-ortho nitro benzene ring substituents is 1. The van der Waals surface area contributed by atoms with Crippen LogP contribution in [0.25, 0.3) is 0 Å². The van der Waals surface area contributed by atoms with E-state index < -0.39 is 10.5 Å². The fraction of sp³-hybridized carbons (Fsp3) is 0.273. The maximum absolute atomic E-state index is 11.8. The molecule has 0 saturated carbocycles. The van der Waals surface area contributed by atoms with E-state index in [-0.39, 0.29) is 5.69 Å². The van der Waals surface area contributed by atoms with Crippen molar-refractivity contribution < 1.29 is 14.9 Å². The Hall–Kier alpha value is -2.44. The first-order valence-corrected chi connectivity index (χ1v) is 5.11. The molecule has 0 fully saturated rings. The zero-order chi connectivity index (χ0) is 13.8. The number of nitro benzene ring substituents is 1. The number of hydrogen-bond donors (Lipinski definition) is 1. The normalized spacial score (nSPS) is 12.9. The lowest BCUT2D eigenvalue weighted by atomic mass is 10.1. The van der Waals surface area contributed by atoms with Gasteiger partial charge in [0.15, 0.2) is 6.21 Å². The van der Waals surface area contributed by atoms with E-state index in [1.807, 2.05) is 0 Å². The standard InChI is InChI=1S/C11H13N3O4/c1-11(2,8-12-15)13(16)7-9-4-3-5-10(6-9)14(17)18/h3-8,15H,1-2H3. The zero-order valence-corrected chi connectivity index (χ0v) is 9.98. The summed E-state index contributed by atoms with van der Waals surface area (Å²) in [5.41, 5.74) is -0.733. The molecular formula is C11H13N3O4. The third-order valence-corrected chi connectivity index (χ3v) is 2.29. The van der Waals surface area contributed by atoms with Gasteiger partial charge in [0, 0.05) is 31.5 Å². The molecule has 7 heteroatoms. The number of nitrogens with zero attached hydrogens (tertiary/aromatic N) is 3. The molecule has 0 heterocycles. The minimum absolute atomic E-state index is 0.0919. The molecule has 0 spiro atoms. The van der Waals surface area contributed by atoms with Crippen LogP contribution < -0.4 is 0 Å². The minimum Gasteiger partial charge on any atom is -0.623 e. The van der Waals surface area contributed by atoms with Crippen LogP contribution >= 0.6 is 0 Å². The predicted molar refractivity (Wildman–Crippen MR) is 66.2 cm³/mol. The van der Waals surface area contributed by atoms with Crippen molar-refractivity contribution in [3.8, 4) is 0 Å². The lowest BCUT2D eigenvalue weighted by Crippen LogP contribution is -2.35. The summed E-state index contributed by atoms with van der Waals surface area (Å²) in [7, 11) is 0. The molecule has 18 heavy (non-hydrogen) atoms. The first-order chi connectivity index (χ1) is 8.36. The fourth-order valence-electron chi connectivity index (χ4n) is 1.22. The number of hydroxylamine groups is 1. The summed E-state index contributed by atoms with van der Waals surface area (Å²) in [6, 6.07) is 5.69. The van der Waals surface area contributed by atoms with Crippen LogP contribution in [0.2, 0.25) is 0 Å². The Morgan fingerprint density at radius 2 is 2.06 bits per heavy atom. The quantitative estimate of drug-likeness (QED) is 0.220. The largest absolute Gasteiger partial charge is 0.623 e. The Morgan fingerprint density at radius 3 is 2.61 bits per heavy atom. The molecule has 7 nitrogen and oxygen atoms in total. The first kappa shape index (κ1) is 13.6. The summed E-state index contributed by atoms with van der Waals surface area (Å²) in [6.07, 6.45) is 2.28. The second-order valence-corrected chi connectivity index (χ2v) is 4.21. The fourth-order valence-corrected chi connectivity index (χ4v) is 1.22. The third kappa shape index (κ3) is 3.27. The van der Waals surface area contributed by atoms with Gasteiger partial charge in [0.1, 0.15) is 6.21 Å². The number of rotatable bonds is 4. The van der Waals surface area contributed by atoms with Crippen LogP contribution in [-0.2, 0) is 0 Å². The van der Waals surface area contributed by atoms with Crippen molar-refractivity contribution in [2.45, 2.75) is 19.4 Å². The van der Waals surface area contributed by atoms with E-state index in [1.165, 1.54) is 24.4 Å². The molecule has 0 aromatic heterocycles. The van der Waals surface area contributed by atoms with E-state index in [0.29, 0.717) is 10.3 Å². The van der Waals surface area contributed by atoms with E-state index in [0.717, 1.165) is 6.21 Å². The van der Waals surface area contributed by atoms with Crippen molar-refractivity contribution in [3.05, 3.63) is 45.2 Å². The first-order valence-electron chi connectivity index (χ1n) is 5.11. The summed E-state index contributed by atoms with van der Waals surface area (Å²) in [4.78, 5) is 10.0. The Morgan fingerprint density at radius 1 is 1.39 bits per heavy atom. The van der Waals surface area contributed by atoms with Gasteiger partial charge in [0.2, 0.25) is 5.54 Å². The molecule has 1 N–H and O–H groups in total. The van der Waals surface area contributed by atoms with E-state index in [4.69, 9.17) is 5.21 Å². The molecule has 0 atom stereocenters. The molecule has 0 aliphatic carbocycles. The Labute approximate surface area is 103 Å². The van der Waals surface area contributed by atoms with Crippen LogP contribution in [0.15, 0.2) is 29.4 Å². The molecule has 1 aromatic rings. The van der Waals surface area contributed by atoms with Gasteiger partial charge in [-0.15, -0.1) is 0 Å². The SMILES string of the molecule is CC(C)(C=NO)[N+]([O-])=Cc1cccc([N+](=O)[O-])c1. The Kier molecular flexibility index (Phi) is 3.98. The van der Waals surface area contributed by atoms with Gasteiger partial charge in [-0.2, -0.15) is 0 Å². The maximum Gasteiger partial charge on any atom is 0.270 e. The summed E-state index contributed by atoms with van der Waals surface area (Å²) >= 11 is 0. The highest BCUT2D eigenvalue weighted by atomic mass is 16.6. The Bertz CT molecular complexity index is 509. The van der Waals surface area contributed by atoms with Gasteiger partial charge in [-0.1, -0.05) is 11.2 Å². The molecule has 96 valence electrons. The van der Waals surface area contributed by atoms with Crippen molar-refractivity contribution in [1.29, 1.82) is 0 Å². The molecular weight excluding hydrogens is 238 g/mol. The molecule has 0 unspecified atom stereocenters. The molecule has 0 radical (unpaired) electrons. The van der Waals surface area contributed by atoms with Crippen LogP contribution in [0.5, 0.6) is 0 Å². The van der Waals surface area contributed by atoms with Crippen LogP contribution in [0.1, 0.15) is 19.4 Å². The molecule has 0 aliphatic rings. The van der Waals surface area contributed by atoms with E-state index in [9.17, 15) is 15.3 Å². The van der Waals surface area contributed by atoms with Crippen molar-refractivity contribution in [1.82, 2.24) is 0 Å². The van der Waals surface area contributed by atoms with Crippen molar-refractivity contribution >= 4 is 18.1 Å². The van der Waals surface area contributed by atoms with Gasteiger partial charge >= 0.3 is 0 Å². The molecule has 1 rings (SSSR count). The number of hydrogen-bond acceptors (Lipinski definition) is 5.